The van der Waals surface area contributed by atoms with E-state index in [9.17, 15) is 4.79 Å². The Bertz CT molecular complexity index is 927. The van der Waals surface area contributed by atoms with Crippen LogP contribution in [0.3, 0.4) is 0 Å². The standard InChI is InChI=1S/C22H26N6O/c23-21(29)20(18-9-11-25-22(26-18)28-15-12-24-16-28)19-8-4-5-13-27(19)14-10-17-6-2-1-3-7-17/h1-3,6-7,9,11-12,15-16,19-20H,4-5,8,10,13-14H2,(H2,23,29). The van der Waals surface area contributed by atoms with Gasteiger partial charge in [0.1, 0.15) is 6.33 Å². The Hall–Kier alpha value is -3.06. The first-order chi connectivity index (χ1) is 14.2. The molecule has 2 aromatic heterocycles. The minimum Gasteiger partial charge on any atom is -0.369 e. The van der Waals surface area contributed by atoms with Crippen LogP contribution in [0.5, 0.6) is 0 Å². The van der Waals surface area contributed by atoms with Gasteiger partial charge >= 0.3 is 0 Å². The molecule has 0 spiro atoms. The maximum absolute atomic E-state index is 12.5. The van der Waals surface area contributed by atoms with E-state index in [0.717, 1.165) is 38.8 Å². The van der Waals surface area contributed by atoms with E-state index in [1.165, 1.54) is 5.56 Å². The van der Waals surface area contributed by atoms with E-state index in [4.69, 9.17) is 5.73 Å². The molecule has 4 rings (SSSR count). The summed E-state index contributed by atoms with van der Waals surface area (Å²) in [5, 5.41) is 0. The van der Waals surface area contributed by atoms with Crippen molar-refractivity contribution in [3.05, 3.63) is 72.6 Å². The minimum absolute atomic E-state index is 0.0514. The van der Waals surface area contributed by atoms with Gasteiger partial charge in [0.15, 0.2) is 0 Å². The van der Waals surface area contributed by atoms with Crippen LogP contribution in [0.4, 0.5) is 0 Å². The summed E-state index contributed by atoms with van der Waals surface area (Å²) in [5.41, 5.74) is 7.87. The Balaban J connectivity index is 1.57. The van der Waals surface area contributed by atoms with E-state index in [-0.39, 0.29) is 11.9 Å². The molecule has 2 unspecified atom stereocenters. The number of rotatable bonds is 7. The maximum Gasteiger partial charge on any atom is 0.235 e. The summed E-state index contributed by atoms with van der Waals surface area (Å²) in [6.45, 7) is 1.87. The molecule has 29 heavy (non-hydrogen) atoms. The van der Waals surface area contributed by atoms with Crippen LogP contribution in [-0.4, -0.2) is 49.5 Å². The number of imidazole rings is 1. The zero-order chi connectivity index (χ0) is 20.1. The Kier molecular flexibility index (Phi) is 5.95. The van der Waals surface area contributed by atoms with E-state index < -0.39 is 5.92 Å². The first-order valence-electron chi connectivity index (χ1n) is 10.1. The molecular weight excluding hydrogens is 364 g/mol. The molecule has 7 nitrogen and oxygen atoms in total. The summed E-state index contributed by atoms with van der Waals surface area (Å²) in [6, 6.07) is 12.3. The van der Waals surface area contributed by atoms with Gasteiger partial charge in [-0.3, -0.25) is 14.3 Å². The lowest BCUT2D eigenvalue weighted by Crippen LogP contribution is -2.48. The number of carbonyl (C=O) groups is 1. The van der Waals surface area contributed by atoms with E-state index in [2.05, 4.69) is 44.1 Å². The van der Waals surface area contributed by atoms with Gasteiger partial charge < -0.3 is 5.73 Å². The third kappa shape index (κ3) is 4.51. The normalized spacial score (nSPS) is 18.4. The molecular formula is C22H26N6O. The van der Waals surface area contributed by atoms with Crippen molar-refractivity contribution in [1.82, 2.24) is 24.4 Å². The quantitative estimate of drug-likeness (QED) is 0.669. The molecule has 1 amide bonds. The molecule has 7 heteroatoms. The number of likely N-dealkylation sites (tertiary alicyclic amines) is 1. The molecule has 1 fully saturated rings. The number of benzene rings is 1. The first kappa shape index (κ1) is 19.3. The molecule has 1 aliphatic rings. The zero-order valence-electron chi connectivity index (χ0n) is 16.4. The van der Waals surface area contributed by atoms with Crippen molar-refractivity contribution in [2.75, 3.05) is 13.1 Å². The molecule has 2 atom stereocenters. The summed E-state index contributed by atoms with van der Waals surface area (Å²) in [7, 11) is 0. The molecule has 1 aliphatic heterocycles. The monoisotopic (exact) mass is 390 g/mol. The fraction of sp³-hybridized carbons (Fsp3) is 0.364. The summed E-state index contributed by atoms with van der Waals surface area (Å²) in [5.74, 6) is -0.300. The Labute approximate surface area is 170 Å². The number of piperidine rings is 1. The van der Waals surface area contributed by atoms with Crippen molar-refractivity contribution in [1.29, 1.82) is 0 Å². The van der Waals surface area contributed by atoms with Crippen molar-refractivity contribution in [2.45, 2.75) is 37.6 Å². The Morgan fingerprint density at radius 1 is 1.17 bits per heavy atom. The predicted molar refractivity (Wildman–Crippen MR) is 110 cm³/mol. The van der Waals surface area contributed by atoms with Crippen molar-refractivity contribution in [2.24, 2.45) is 5.73 Å². The van der Waals surface area contributed by atoms with Crippen molar-refractivity contribution >= 4 is 5.91 Å². The lowest BCUT2D eigenvalue weighted by atomic mass is 9.87. The lowest BCUT2D eigenvalue weighted by molar-refractivity contribution is -0.121. The van der Waals surface area contributed by atoms with Gasteiger partial charge in [-0.05, 0) is 37.4 Å². The van der Waals surface area contributed by atoms with E-state index in [1.54, 1.807) is 35.6 Å². The average Bonchev–Trinajstić information content (AvgIpc) is 3.29. The third-order valence-corrected chi connectivity index (χ3v) is 5.60. The second kappa shape index (κ2) is 8.96. The van der Waals surface area contributed by atoms with Crippen LogP contribution in [0, 0.1) is 0 Å². The number of carbonyl (C=O) groups excluding carboxylic acids is 1. The van der Waals surface area contributed by atoms with E-state index in [0.29, 0.717) is 11.6 Å². The van der Waals surface area contributed by atoms with Gasteiger partial charge in [-0.2, -0.15) is 0 Å². The van der Waals surface area contributed by atoms with Gasteiger partial charge in [0.25, 0.3) is 0 Å². The van der Waals surface area contributed by atoms with Crippen LogP contribution in [0.15, 0.2) is 61.3 Å². The van der Waals surface area contributed by atoms with Gasteiger partial charge in [0.05, 0.1) is 11.6 Å². The topological polar surface area (TPSA) is 89.9 Å². The third-order valence-electron chi connectivity index (χ3n) is 5.60. The second-order valence-electron chi connectivity index (χ2n) is 7.47. The highest BCUT2D eigenvalue weighted by atomic mass is 16.1. The van der Waals surface area contributed by atoms with Gasteiger partial charge in [-0.1, -0.05) is 36.8 Å². The van der Waals surface area contributed by atoms with Crippen LogP contribution < -0.4 is 5.73 Å². The van der Waals surface area contributed by atoms with Crippen LogP contribution in [0.1, 0.15) is 36.4 Å². The van der Waals surface area contributed by atoms with E-state index in [1.807, 2.05) is 6.07 Å². The summed E-state index contributed by atoms with van der Waals surface area (Å²) < 4.78 is 1.73. The molecule has 3 heterocycles. The Morgan fingerprint density at radius 2 is 2.03 bits per heavy atom. The molecule has 1 aromatic carbocycles. The number of nitrogens with zero attached hydrogens (tertiary/aromatic N) is 5. The highest BCUT2D eigenvalue weighted by molar-refractivity contribution is 5.82. The molecule has 2 N–H and O–H groups in total. The van der Waals surface area contributed by atoms with Crippen molar-refractivity contribution in [3.63, 3.8) is 0 Å². The number of primary amides is 1. The second-order valence-corrected chi connectivity index (χ2v) is 7.47. The molecule has 3 aromatic rings. The predicted octanol–water partition coefficient (Wildman–Crippen LogP) is 2.33. The summed E-state index contributed by atoms with van der Waals surface area (Å²) in [4.78, 5) is 27.9. The smallest absolute Gasteiger partial charge is 0.235 e. The fourth-order valence-corrected chi connectivity index (χ4v) is 4.16. The van der Waals surface area contributed by atoms with E-state index >= 15 is 0 Å². The number of amides is 1. The molecule has 0 bridgehead atoms. The SMILES string of the molecule is NC(=O)C(c1ccnc(-n2ccnc2)n1)C1CCCCN1CCc1ccccc1. The molecule has 0 aliphatic carbocycles. The minimum atomic E-state index is -0.462. The summed E-state index contributed by atoms with van der Waals surface area (Å²) in [6.07, 6.45) is 10.9. The largest absolute Gasteiger partial charge is 0.369 e. The highest BCUT2D eigenvalue weighted by Crippen LogP contribution is 2.30. The fourth-order valence-electron chi connectivity index (χ4n) is 4.16. The highest BCUT2D eigenvalue weighted by Gasteiger charge is 2.35. The van der Waals surface area contributed by atoms with Crippen LogP contribution in [0.25, 0.3) is 5.95 Å². The van der Waals surface area contributed by atoms with Gasteiger partial charge in [0.2, 0.25) is 11.9 Å². The number of hydrogen-bond donors (Lipinski definition) is 1. The molecule has 0 radical (unpaired) electrons. The number of aromatic nitrogens is 4. The van der Waals surface area contributed by atoms with Crippen molar-refractivity contribution in [3.8, 4) is 5.95 Å². The lowest BCUT2D eigenvalue weighted by Gasteiger charge is -2.39. The molecule has 150 valence electrons. The van der Waals surface area contributed by atoms with Crippen LogP contribution >= 0.6 is 0 Å². The first-order valence-corrected chi connectivity index (χ1v) is 10.1. The van der Waals surface area contributed by atoms with Crippen LogP contribution in [-0.2, 0) is 11.2 Å². The van der Waals surface area contributed by atoms with Gasteiger partial charge in [-0.25, -0.2) is 15.0 Å². The van der Waals surface area contributed by atoms with Gasteiger partial charge in [-0.15, -0.1) is 0 Å². The van der Waals surface area contributed by atoms with Crippen LogP contribution in [0.2, 0.25) is 0 Å². The number of nitrogens with two attached hydrogens (primary N) is 1. The Morgan fingerprint density at radius 3 is 2.79 bits per heavy atom. The maximum atomic E-state index is 12.5. The average molecular weight is 390 g/mol. The van der Waals surface area contributed by atoms with Crippen molar-refractivity contribution < 1.29 is 4.79 Å². The summed E-state index contributed by atoms with van der Waals surface area (Å²) >= 11 is 0. The zero-order valence-corrected chi connectivity index (χ0v) is 16.4. The number of hydrogen-bond acceptors (Lipinski definition) is 5. The molecule has 0 saturated carbocycles. The molecule has 1 saturated heterocycles. The van der Waals surface area contributed by atoms with Gasteiger partial charge in [0, 0.05) is 31.2 Å².